The van der Waals surface area contributed by atoms with E-state index in [9.17, 15) is 14.4 Å². The number of esters is 1. The fourth-order valence-electron chi connectivity index (χ4n) is 4.14. The smallest absolute Gasteiger partial charge is 0.414 e. The van der Waals surface area contributed by atoms with Crippen molar-refractivity contribution in [3.8, 4) is 11.1 Å². The minimum Gasteiger partial charge on any atom is -0.481 e. The summed E-state index contributed by atoms with van der Waals surface area (Å²) < 4.78 is 27.0. The van der Waals surface area contributed by atoms with Gasteiger partial charge in [-0.25, -0.2) is 13.9 Å². The molecule has 1 unspecified atom stereocenters. The maximum absolute atomic E-state index is 15.1. The van der Waals surface area contributed by atoms with Gasteiger partial charge in [0.15, 0.2) is 0 Å². The predicted octanol–water partition coefficient (Wildman–Crippen LogP) is 1.09. The van der Waals surface area contributed by atoms with E-state index in [1.54, 1.807) is 41.2 Å². The molecule has 3 atom stereocenters. The van der Waals surface area contributed by atoms with E-state index in [-0.39, 0.29) is 13.2 Å². The van der Waals surface area contributed by atoms with Gasteiger partial charge in [-0.2, -0.15) is 0 Å². The molecule has 15 heteroatoms. The number of nitrogens with two attached hydrogens (primary N) is 1. The minimum absolute atomic E-state index is 0.177. The lowest BCUT2D eigenvalue weighted by Crippen LogP contribution is -2.36. The van der Waals surface area contributed by atoms with Crippen LogP contribution in [0.25, 0.3) is 16.8 Å². The first-order chi connectivity index (χ1) is 19.3. The number of nitrogens with zero attached hydrogens (tertiary/aromatic N) is 5. The maximum atomic E-state index is 15.1. The number of hydrogen-bond acceptors (Lipinski definition) is 11. The fourth-order valence-corrected chi connectivity index (χ4v) is 4.14. The molecule has 1 amide bonds. The second-order valence-corrected chi connectivity index (χ2v) is 9.01. The summed E-state index contributed by atoms with van der Waals surface area (Å²) in [6.07, 6.45) is 4.12. The van der Waals surface area contributed by atoms with Gasteiger partial charge in [0, 0.05) is 23.5 Å². The Kier molecular flexibility index (Phi) is 7.65. The average molecular weight is 554 g/mol. The maximum Gasteiger partial charge on any atom is 0.414 e. The number of cyclic esters (lactones) is 1. The van der Waals surface area contributed by atoms with Gasteiger partial charge < -0.3 is 20.3 Å². The first-order valence-electron chi connectivity index (χ1n) is 12.1. The SMILES string of the molecule is N[C@@H](CC(=O)O)C(=O)OCC1C=C(c2ccc(-c3ccc(N4C[C@H](Cn5ccnn5)OC4=O)cc3F)cn2)NO1. The number of carbonyl (C=O) groups is 3. The molecule has 2 aliphatic heterocycles. The van der Waals surface area contributed by atoms with Crippen LogP contribution in [-0.2, 0) is 30.4 Å². The van der Waals surface area contributed by atoms with E-state index in [0.717, 1.165) is 0 Å². The monoisotopic (exact) mass is 553 g/mol. The highest BCUT2D eigenvalue weighted by molar-refractivity contribution is 5.90. The Labute approximate surface area is 226 Å². The van der Waals surface area contributed by atoms with Gasteiger partial charge in [0.2, 0.25) is 0 Å². The van der Waals surface area contributed by atoms with Crippen LogP contribution < -0.4 is 16.1 Å². The van der Waals surface area contributed by atoms with Crippen LogP contribution in [0.4, 0.5) is 14.9 Å². The number of amides is 1. The van der Waals surface area contributed by atoms with Crippen molar-refractivity contribution >= 4 is 29.4 Å². The highest BCUT2D eigenvalue weighted by Gasteiger charge is 2.33. The van der Waals surface area contributed by atoms with Crippen LogP contribution in [0.5, 0.6) is 0 Å². The summed E-state index contributed by atoms with van der Waals surface area (Å²) in [7, 11) is 0. The Morgan fingerprint density at radius 1 is 1.30 bits per heavy atom. The number of anilines is 1. The lowest BCUT2D eigenvalue weighted by molar-refractivity contribution is -0.152. The fraction of sp³-hybridized carbons (Fsp3) is 0.280. The van der Waals surface area contributed by atoms with Crippen LogP contribution in [0.1, 0.15) is 12.1 Å². The molecule has 1 aromatic carbocycles. The van der Waals surface area contributed by atoms with Crippen molar-refractivity contribution in [3.05, 3.63) is 66.5 Å². The van der Waals surface area contributed by atoms with E-state index < -0.39 is 48.5 Å². The molecule has 3 aromatic rings. The Morgan fingerprint density at radius 2 is 2.15 bits per heavy atom. The lowest BCUT2D eigenvalue weighted by atomic mass is 10.1. The van der Waals surface area contributed by atoms with Gasteiger partial charge in [-0.1, -0.05) is 11.3 Å². The molecule has 1 fully saturated rings. The van der Waals surface area contributed by atoms with Crippen LogP contribution in [0.2, 0.25) is 0 Å². The van der Waals surface area contributed by atoms with Crippen molar-refractivity contribution in [1.82, 2.24) is 25.5 Å². The highest BCUT2D eigenvalue weighted by Crippen LogP contribution is 2.30. The number of aliphatic carboxylic acids is 1. The summed E-state index contributed by atoms with van der Waals surface area (Å²) >= 11 is 0. The third kappa shape index (κ3) is 6.05. The molecule has 2 aromatic heterocycles. The van der Waals surface area contributed by atoms with E-state index in [1.807, 2.05) is 0 Å². The van der Waals surface area contributed by atoms with Crippen molar-refractivity contribution in [2.45, 2.75) is 31.2 Å². The molecule has 0 radical (unpaired) electrons. The second-order valence-electron chi connectivity index (χ2n) is 9.01. The molecule has 40 heavy (non-hydrogen) atoms. The Hall–Kier alpha value is -4.89. The van der Waals surface area contributed by atoms with Crippen LogP contribution >= 0.6 is 0 Å². The van der Waals surface area contributed by atoms with E-state index >= 15 is 4.39 Å². The van der Waals surface area contributed by atoms with Crippen molar-refractivity contribution in [3.63, 3.8) is 0 Å². The minimum atomic E-state index is -1.27. The predicted molar refractivity (Wildman–Crippen MR) is 134 cm³/mol. The number of carbonyl (C=O) groups excluding carboxylic acids is 2. The quantitative estimate of drug-likeness (QED) is 0.304. The normalized spacial score (nSPS) is 19.1. The highest BCUT2D eigenvalue weighted by atomic mass is 19.1. The topological polar surface area (TPSA) is 184 Å². The van der Waals surface area contributed by atoms with Crippen molar-refractivity contribution in [2.24, 2.45) is 5.73 Å². The number of carboxylic acid groups (broad SMARTS) is 1. The zero-order valence-electron chi connectivity index (χ0n) is 20.8. The summed E-state index contributed by atoms with van der Waals surface area (Å²) in [6, 6.07) is 6.54. The number of aromatic nitrogens is 4. The number of benzene rings is 1. The number of nitrogens with one attached hydrogen (secondary N) is 1. The number of pyridine rings is 1. The van der Waals surface area contributed by atoms with Crippen molar-refractivity contribution in [2.75, 3.05) is 18.1 Å². The molecule has 208 valence electrons. The number of ether oxygens (including phenoxy) is 2. The molecular formula is C25H24FN7O7. The summed E-state index contributed by atoms with van der Waals surface area (Å²) in [5.74, 6) is -2.60. The van der Waals surface area contributed by atoms with Gasteiger partial charge in [-0.05, 0) is 30.3 Å². The number of hydrogen-bond donors (Lipinski definition) is 3. The zero-order valence-corrected chi connectivity index (χ0v) is 20.8. The van der Waals surface area contributed by atoms with E-state index in [1.165, 1.54) is 23.4 Å². The molecule has 4 N–H and O–H groups in total. The third-order valence-electron chi connectivity index (χ3n) is 6.11. The van der Waals surface area contributed by atoms with Gasteiger partial charge in [0.05, 0.1) is 42.8 Å². The van der Waals surface area contributed by atoms with Crippen LogP contribution in [0, 0.1) is 5.82 Å². The first kappa shape index (κ1) is 26.7. The average Bonchev–Trinajstić information content (AvgIpc) is 3.69. The molecule has 4 heterocycles. The van der Waals surface area contributed by atoms with E-state index in [4.69, 9.17) is 25.2 Å². The molecule has 0 saturated carbocycles. The van der Waals surface area contributed by atoms with Crippen molar-refractivity contribution < 1.29 is 38.2 Å². The summed E-state index contributed by atoms with van der Waals surface area (Å²) in [4.78, 5) is 45.9. The molecule has 0 spiro atoms. The van der Waals surface area contributed by atoms with Gasteiger partial charge in [-0.3, -0.25) is 29.8 Å². The second kappa shape index (κ2) is 11.5. The standard InChI is InChI=1S/C25H24FN7O7/c26-19-7-15(33-12-17(39-25(33)37)11-32-6-5-29-31-32)2-3-18(19)14-1-4-21(28-10-14)22-8-16(40-30-22)13-38-24(36)20(27)9-23(34)35/h1-8,10,16-17,20,30H,9,11-13,27H2,(H,34,35)/t16?,17-,20-/m0/s1. The van der Waals surface area contributed by atoms with Gasteiger partial charge in [-0.15, -0.1) is 5.10 Å². The van der Waals surface area contributed by atoms with Gasteiger partial charge in [0.1, 0.15) is 30.7 Å². The number of halogens is 1. The zero-order chi connectivity index (χ0) is 28.2. The molecule has 14 nitrogen and oxygen atoms in total. The first-order valence-corrected chi connectivity index (χ1v) is 12.1. The lowest BCUT2D eigenvalue weighted by Gasteiger charge is -2.14. The molecule has 5 rings (SSSR count). The van der Waals surface area contributed by atoms with Crippen LogP contribution in [0.3, 0.4) is 0 Å². The molecular weight excluding hydrogens is 529 g/mol. The van der Waals surface area contributed by atoms with E-state index in [0.29, 0.717) is 34.8 Å². The van der Waals surface area contributed by atoms with Crippen LogP contribution in [0.15, 0.2) is 55.0 Å². The number of hydroxylamine groups is 1. The Bertz CT molecular complexity index is 1430. The van der Waals surface area contributed by atoms with E-state index in [2.05, 4.69) is 20.8 Å². The van der Waals surface area contributed by atoms with Crippen molar-refractivity contribution in [1.29, 1.82) is 0 Å². The largest absolute Gasteiger partial charge is 0.481 e. The molecule has 0 aliphatic carbocycles. The van der Waals surface area contributed by atoms with Gasteiger partial charge >= 0.3 is 18.0 Å². The molecule has 1 saturated heterocycles. The number of rotatable bonds is 10. The Morgan fingerprint density at radius 3 is 2.85 bits per heavy atom. The molecule has 2 aliphatic rings. The van der Waals surface area contributed by atoms with Gasteiger partial charge in [0.25, 0.3) is 0 Å². The summed E-state index contributed by atoms with van der Waals surface area (Å²) in [6.45, 7) is 0.404. The molecule has 0 bridgehead atoms. The third-order valence-corrected chi connectivity index (χ3v) is 6.11. The summed E-state index contributed by atoms with van der Waals surface area (Å²) in [5, 5.41) is 16.3. The summed E-state index contributed by atoms with van der Waals surface area (Å²) in [5.41, 5.74) is 10.3. The Balaban J connectivity index is 1.20. The van der Waals surface area contributed by atoms with Crippen LogP contribution in [-0.4, -0.2) is 74.5 Å². The number of carboxylic acids is 1.